The van der Waals surface area contributed by atoms with E-state index in [9.17, 15) is 4.79 Å². The Kier molecular flexibility index (Phi) is 10.9. The normalized spacial score (nSPS) is 11.1. The Balaban J connectivity index is 1.54. The van der Waals surface area contributed by atoms with Crippen LogP contribution in [0.5, 0.6) is 0 Å². The molecule has 0 radical (unpaired) electrons. The topological polar surface area (TPSA) is 101 Å². The molecule has 8 heteroatoms. The number of amides is 1. The van der Waals surface area contributed by atoms with Gasteiger partial charge < -0.3 is 25.4 Å². The highest BCUT2D eigenvalue weighted by molar-refractivity contribution is 7.95. The smallest absolute Gasteiger partial charge is 0.239 e. The molecule has 3 aromatic carbocycles. The van der Waals surface area contributed by atoms with Gasteiger partial charge in [0.25, 0.3) is 0 Å². The Bertz CT molecular complexity index is 971. The second kappa shape index (κ2) is 14.3. The third-order valence-electron chi connectivity index (χ3n) is 5.89. The Hall–Kier alpha value is -3.25. The van der Waals surface area contributed by atoms with Gasteiger partial charge in [0.2, 0.25) is 5.91 Å². The molecule has 0 fully saturated rings. The molecule has 3 rings (SSSR count). The maximum absolute atomic E-state index is 11.8. The van der Waals surface area contributed by atoms with Crippen molar-refractivity contribution < 1.29 is 14.3 Å². The number of rotatable bonds is 14. The summed E-state index contributed by atoms with van der Waals surface area (Å²) < 4.78 is 11.6. The van der Waals surface area contributed by atoms with E-state index in [1.54, 1.807) is 7.05 Å². The van der Waals surface area contributed by atoms with Gasteiger partial charge in [-0.05, 0) is 36.4 Å². The minimum absolute atomic E-state index is 0.0492. The van der Waals surface area contributed by atoms with Crippen molar-refractivity contribution in [2.45, 2.75) is 0 Å². The first kappa shape index (κ1) is 27.3. The van der Waals surface area contributed by atoms with Gasteiger partial charge in [-0.1, -0.05) is 54.6 Å². The summed E-state index contributed by atoms with van der Waals surface area (Å²) in [5.41, 5.74) is 5.34. The van der Waals surface area contributed by atoms with Crippen molar-refractivity contribution in [1.29, 1.82) is 5.41 Å². The monoisotopic (exact) mass is 507 g/mol. The fourth-order valence-electron chi connectivity index (χ4n) is 4.02. The van der Waals surface area contributed by atoms with Crippen molar-refractivity contribution >= 4 is 35.0 Å². The zero-order valence-electron chi connectivity index (χ0n) is 20.8. The van der Waals surface area contributed by atoms with Gasteiger partial charge in [0.05, 0.1) is 39.1 Å². The molecule has 190 valence electrons. The van der Waals surface area contributed by atoms with Gasteiger partial charge in [-0.3, -0.25) is 10.2 Å². The highest BCUT2D eigenvalue weighted by atomic mass is 31.2. The second-order valence-corrected chi connectivity index (χ2v) is 12.0. The number of nitrogens with two attached hydrogens (primary N) is 1. The molecule has 7 nitrogen and oxygen atoms in total. The summed E-state index contributed by atoms with van der Waals surface area (Å²) in [6, 6.07) is 32.3. The number of hydrogen-bond acceptors (Lipinski definition) is 4. The first-order chi connectivity index (χ1) is 17.5. The van der Waals surface area contributed by atoms with Crippen molar-refractivity contribution in [3.8, 4) is 0 Å². The van der Waals surface area contributed by atoms with E-state index in [1.165, 1.54) is 20.8 Å². The zero-order valence-corrected chi connectivity index (χ0v) is 21.7. The summed E-state index contributed by atoms with van der Waals surface area (Å²) in [5.74, 6) is -0.340. The van der Waals surface area contributed by atoms with Gasteiger partial charge in [0.1, 0.15) is 23.2 Å². The van der Waals surface area contributed by atoms with Gasteiger partial charge in [-0.2, -0.15) is 0 Å². The van der Waals surface area contributed by atoms with Crippen LogP contribution in [0.15, 0.2) is 91.0 Å². The predicted molar refractivity (Wildman–Crippen MR) is 149 cm³/mol. The van der Waals surface area contributed by atoms with Crippen molar-refractivity contribution in [2.24, 2.45) is 5.73 Å². The number of nitrogens with one attached hydrogen (secondary N) is 2. The van der Waals surface area contributed by atoms with Gasteiger partial charge in [0.15, 0.2) is 5.96 Å². The maximum atomic E-state index is 11.8. The lowest BCUT2D eigenvalue weighted by Gasteiger charge is -2.27. The number of carbonyl (C=O) groups is 1. The molecule has 3 aromatic rings. The van der Waals surface area contributed by atoms with Crippen LogP contribution in [0.25, 0.3) is 0 Å². The lowest BCUT2D eigenvalue weighted by atomic mass is 10.4. The van der Waals surface area contributed by atoms with Crippen LogP contribution >= 0.6 is 7.26 Å². The Morgan fingerprint density at radius 2 is 1.25 bits per heavy atom. The van der Waals surface area contributed by atoms with E-state index in [2.05, 4.69) is 96.3 Å². The van der Waals surface area contributed by atoms with Crippen LogP contribution in [-0.4, -0.2) is 69.5 Å². The van der Waals surface area contributed by atoms with E-state index < -0.39 is 7.26 Å². The number of benzene rings is 3. The second-order valence-electron chi connectivity index (χ2n) is 8.36. The standard InChI is InChI=1S/C28H35N4O3P/c1-32(28(29)30)23-27(33)31-17-18-34-19-20-35-21-22-36(24-11-5-2-6-12-24,25-13-7-3-8-14-25)26-15-9-4-10-16-26/h2-16H,17-23H2,1H3,(H3-,29,30,31,33)/p+1. The first-order valence-corrected chi connectivity index (χ1v) is 14.0. The van der Waals surface area contributed by atoms with Crippen LogP contribution in [0, 0.1) is 5.41 Å². The molecule has 0 spiro atoms. The zero-order chi connectivity index (χ0) is 25.6. The van der Waals surface area contributed by atoms with Gasteiger partial charge in [0, 0.05) is 13.6 Å². The van der Waals surface area contributed by atoms with E-state index in [0.29, 0.717) is 33.0 Å². The molecule has 0 aromatic heterocycles. The molecule has 36 heavy (non-hydrogen) atoms. The fraction of sp³-hybridized carbons (Fsp3) is 0.286. The fourth-order valence-corrected chi connectivity index (χ4v) is 8.14. The summed E-state index contributed by atoms with van der Waals surface area (Å²) in [6.07, 6.45) is 0.894. The summed E-state index contributed by atoms with van der Waals surface area (Å²) in [7, 11) is -0.293. The van der Waals surface area contributed by atoms with Crippen molar-refractivity contribution in [1.82, 2.24) is 10.2 Å². The molecule has 1 amide bonds. The van der Waals surface area contributed by atoms with Crippen LogP contribution in [0.3, 0.4) is 0 Å². The summed E-state index contributed by atoms with van der Waals surface area (Å²) in [6.45, 7) is 2.40. The molecule has 0 aliphatic carbocycles. The Labute approximate surface area is 214 Å². The number of carbonyl (C=O) groups excluding carboxylic acids is 1. The van der Waals surface area contributed by atoms with E-state index >= 15 is 0 Å². The highest BCUT2D eigenvalue weighted by Crippen LogP contribution is 2.54. The van der Waals surface area contributed by atoms with Gasteiger partial charge in [-0.25, -0.2) is 0 Å². The maximum Gasteiger partial charge on any atom is 0.239 e. The number of nitrogens with zero attached hydrogens (tertiary/aromatic N) is 1. The number of ether oxygens (including phenoxy) is 2. The lowest BCUT2D eigenvalue weighted by Crippen LogP contribution is -2.42. The van der Waals surface area contributed by atoms with Crippen LogP contribution in [0.4, 0.5) is 0 Å². The molecule has 0 heterocycles. The number of hydrogen-bond donors (Lipinski definition) is 3. The van der Waals surface area contributed by atoms with Crippen LogP contribution in [-0.2, 0) is 14.3 Å². The largest absolute Gasteiger partial charge is 0.377 e. The Morgan fingerprint density at radius 3 is 1.69 bits per heavy atom. The number of likely N-dealkylation sites (N-methyl/N-ethyl adjacent to an activating group) is 1. The predicted octanol–water partition coefficient (Wildman–Crippen LogP) is 1.96. The Morgan fingerprint density at radius 1 is 0.806 bits per heavy atom. The molecular weight excluding hydrogens is 471 g/mol. The summed E-state index contributed by atoms with van der Waals surface area (Å²) in [4.78, 5) is 13.2. The quantitative estimate of drug-likeness (QED) is 0.134. The summed E-state index contributed by atoms with van der Waals surface area (Å²) >= 11 is 0. The lowest BCUT2D eigenvalue weighted by molar-refractivity contribution is -0.121. The molecule has 0 aliphatic rings. The van der Waals surface area contributed by atoms with Crippen molar-refractivity contribution in [3.05, 3.63) is 91.0 Å². The minimum Gasteiger partial charge on any atom is -0.377 e. The van der Waals surface area contributed by atoms with E-state index in [0.717, 1.165) is 6.16 Å². The van der Waals surface area contributed by atoms with E-state index in [1.807, 2.05) is 0 Å². The molecular formula is C28H36N4O3P+. The SMILES string of the molecule is CN(CC(=O)NCCOCCOCC[P+](c1ccccc1)(c1ccccc1)c1ccccc1)C(=N)N. The highest BCUT2D eigenvalue weighted by Gasteiger charge is 2.44. The molecule has 0 saturated heterocycles. The minimum atomic E-state index is -1.89. The molecule has 0 unspecified atom stereocenters. The van der Waals surface area contributed by atoms with Crippen LogP contribution < -0.4 is 27.0 Å². The van der Waals surface area contributed by atoms with Crippen molar-refractivity contribution in [3.63, 3.8) is 0 Å². The van der Waals surface area contributed by atoms with Crippen molar-refractivity contribution in [2.75, 3.05) is 52.7 Å². The van der Waals surface area contributed by atoms with E-state index in [4.69, 9.17) is 20.6 Å². The molecule has 0 atom stereocenters. The van der Waals surface area contributed by atoms with Crippen LogP contribution in [0.2, 0.25) is 0 Å². The molecule has 0 saturated carbocycles. The van der Waals surface area contributed by atoms with Gasteiger partial charge >= 0.3 is 0 Å². The average Bonchev–Trinajstić information content (AvgIpc) is 2.91. The molecule has 0 bridgehead atoms. The third kappa shape index (κ3) is 7.62. The molecule has 0 aliphatic heterocycles. The van der Waals surface area contributed by atoms with Crippen LogP contribution in [0.1, 0.15) is 0 Å². The summed E-state index contributed by atoms with van der Waals surface area (Å²) in [5, 5.41) is 14.1. The number of guanidine groups is 1. The van der Waals surface area contributed by atoms with Gasteiger partial charge in [-0.15, -0.1) is 0 Å². The van der Waals surface area contributed by atoms with E-state index in [-0.39, 0.29) is 18.4 Å². The average molecular weight is 508 g/mol. The molecule has 4 N–H and O–H groups in total. The third-order valence-corrected chi connectivity index (χ3v) is 10.3. The first-order valence-electron chi connectivity index (χ1n) is 12.1.